The van der Waals surface area contributed by atoms with Gasteiger partial charge in [-0.2, -0.15) is 0 Å². The first-order valence-electron chi connectivity index (χ1n) is 17.8. The van der Waals surface area contributed by atoms with E-state index < -0.39 is 0 Å². The minimum absolute atomic E-state index is 0.210. The van der Waals surface area contributed by atoms with Gasteiger partial charge >= 0.3 is 0 Å². The van der Waals surface area contributed by atoms with E-state index in [9.17, 15) is 0 Å². The molecular formula is C48H40N4. The van der Waals surface area contributed by atoms with E-state index in [1.807, 2.05) is 18.2 Å². The van der Waals surface area contributed by atoms with Crippen LogP contribution in [0.3, 0.4) is 0 Å². The number of para-hydroxylation sites is 2. The number of aromatic nitrogens is 3. The van der Waals surface area contributed by atoms with Gasteiger partial charge in [-0.25, -0.2) is 0 Å². The first kappa shape index (κ1) is 32.7. The first-order valence-corrected chi connectivity index (χ1v) is 17.8. The van der Waals surface area contributed by atoms with Crippen LogP contribution in [0.25, 0.3) is 56.2 Å². The molecule has 0 radical (unpaired) electrons. The Kier molecular flexibility index (Phi) is 8.80. The highest BCUT2D eigenvalue weighted by Crippen LogP contribution is 2.41. The molecular weight excluding hydrogens is 633 g/mol. The van der Waals surface area contributed by atoms with Gasteiger partial charge in [0.1, 0.15) is 0 Å². The van der Waals surface area contributed by atoms with Crippen LogP contribution in [0.1, 0.15) is 20.8 Å². The van der Waals surface area contributed by atoms with Gasteiger partial charge in [0.2, 0.25) is 0 Å². The first-order chi connectivity index (χ1) is 25.5. The fraction of sp³-hybridized carbons (Fsp3) is 0.0833. The smallest absolute Gasteiger partial charge is 0.164 e. The molecule has 0 atom stereocenters. The average Bonchev–Trinajstić information content (AvgIpc) is 3.66. The van der Waals surface area contributed by atoms with Crippen LogP contribution in [0.15, 0.2) is 188 Å². The summed E-state index contributed by atoms with van der Waals surface area (Å²) in [5.74, 6) is 1.73. The fourth-order valence-electron chi connectivity index (χ4n) is 7.01. The Morgan fingerprint density at radius 1 is 0.346 bits per heavy atom. The van der Waals surface area contributed by atoms with Crippen molar-refractivity contribution in [3.8, 4) is 56.2 Å². The molecule has 0 saturated carbocycles. The van der Waals surface area contributed by atoms with Crippen LogP contribution in [0, 0.1) is 0 Å². The Labute approximate surface area is 306 Å². The monoisotopic (exact) mass is 672 g/mol. The second kappa shape index (κ2) is 14.0. The summed E-state index contributed by atoms with van der Waals surface area (Å²) in [6.45, 7) is 6.60. The third-order valence-electron chi connectivity index (χ3n) is 9.43. The number of rotatable bonds is 8. The summed E-state index contributed by atoms with van der Waals surface area (Å²) in [4.78, 5) is 2.29. The van der Waals surface area contributed by atoms with Crippen molar-refractivity contribution in [3.63, 3.8) is 0 Å². The number of nitrogens with zero attached hydrogens (tertiary/aromatic N) is 4. The van der Waals surface area contributed by atoms with E-state index >= 15 is 0 Å². The van der Waals surface area contributed by atoms with Crippen LogP contribution in [0.5, 0.6) is 0 Å². The molecule has 252 valence electrons. The van der Waals surface area contributed by atoms with E-state index in [2.05, 4.69) is 205 Å². The van der Waals surface area contributed by atoms with Crippen LogP contribution in [0.4, 0.5) is 17.1 Å². The van der Waals surface area contributed by atoms with E-state index in [4.69, 9.17) is 5.10 Å². The predicted octanol–water partition coefficient (Wildman–Crippen LogP) is 12.8. The Morgan fingerprint density at radius 3 is 1.12 bits per heavy atom. The van der Waals surface area contributed by atoms with Crippen molar-refractivity contribution in [1.82, 2.24) is 14.8 Å². The van der Waals surface area contributed by atoms with Gasteiger partial charge in [0.25, 0.3) is 0 Å². The fourth-order valence-corrected chi connectivity index (χ4v) is 7.01. The molecule has 0 bridgehead atoms. The molecule has 8 rings (SSSR count). The minimum Gasteiger partial charge on any atom is -0.311 e. The van der Waals surface area contributed by atoms with E-state index in [1.54, 1.807) is 0 Å². The van der Waals surface area contributed by atoms with Crippen molar-refractivity contribution in [2.24, 2.45) is 0 Å². The number of hydrogen-bond donors (Lipinski definition) is 0. The molecule has 52 heavy (non-hydrogen) atoms. The number of hydrogen-bond acceptors (Lipinski definition) is 3. The maximum Gasteiger partial charge on any atom is 0.164 e. The number of benzene rings is 7. The molecule has 0 saturated heterocycles. The second-order valence-electron chi connectivity index (χ2n) is 13.9. The molecule has 4 nitrogen and oxygen atoms in total. The van der Waals surface area contributed by atoms with E-state index in [0.29, 0.717) is 0 Å². The minimum atomic E-state index is -0.210. The average molecular weight is 673 g/mol. The van der Waals surface area contributed by atoms with Crippen molar-refractivity contribution in [2.75, 3.05) is 4.90 Å². The Bertz CT molecular complexity index is 2370. The van der Waals surface area contributed by atoms with Crippen molar-refractivity contribution in [2.45, 2.75) is 26.3 Å². The van der Waals surface area contributed by atoms with Gasteiger partial charge in [-0.15, -0.1) is 10.2 Å². The summed E-state index contributed by atoms with van der Waals surface area (Å²) in [5.41, 5.74) is 12.3. The molecule has 0 amide bonds. The lowest BCUT2D eigenvalue weighted by Gasteiger charge is -2.25. The molecule has 0 aliphatic heterocycles. The Hall–Kier alpha value is -6.52. The molecule has 4 heteroatoms. The van der Waals surface area contributed by atoms with Gasteiger partial charge in [0.05, 0.1) is 0 Å². The molecule has 8 aromatic rings. The Balaban J connectivity index is 1.14. The van der Waals surface area contributed by atoms with Crippen LogP contribution >= 0.6 is 0 Å². The van der Waals surface area contributed by atoms with Crippen molar-refractivity contribution >= 4 is 17.1 Å². The quantitative estimate of drug-likeness (QED) is 0.161. The third-order valence-corrected chi connectivity index (χ3v) is 9.43. The molecule has 0 aliphatic carbocycles. The van der Waals surface area contributed by atoms with Crippen LogP contribution < -0.4 is 4.90 Å². The molecule has 0 spiro atoms. The highest BCUT2D eigenvalue weighted by molar-refractivity contribution is 5.92. The number of anilines is 3. The zero-order valence-corrected chi connectivity index (χ0v) is 29.7. The normalized spacial score (nSPS) is 11.4. The van der Waals surface area contributed by atoms with Crippen molar-refractivity contribution in [3.05, 3.63) is 188 Å². The maximum atomic E-state index is 4.70. The summed E-state index contributed by atoms with van der Waals surface area (Å²) in [7, 11) is 0. The van der Waals surface area contributed by atoms with Crippen LogP contribution in [-0.2, 0) is 5.54 Å². The van der Waals surface area contributed by atoms with Crippen molar-refractivity contribution < 1.29 is 0 Å². The topological polar surface area (TPSA) is 34.0 Å². The summed E-state index contributed by atoms with van der Waals surface area (Å²) in [6, 6.07) is 66.4. The highest BCUT2D eigenvalue weighted by Gasteiger charge is 2.25. The lowest BCUT2D eigenvalue weighted by Crippen LogP contribution is -2.23. The van der Waals surface area contributed by atoms with Crippen molar-refractivity contribution in [1.29, 1.82) is 0 Å². The SMILES string of the molecule is CC(C)(C)n1c(-c2ccccc2)nnc1-c1ccc(-c2ccccc2-c2ccccc2-c2ccc(N(c3ccccc3)c3ccccc3)cc2)cc1. The lowest BCUT2D eigenvalue weighted by molar-refractivity contribution is 0.404. The standard InChI is InChI=1S/C48H40N4/c1-48(2,3)52-46(37-17-7-4-8-18-37)49-50-47(52)38-29-27-35(28-30-38)42-23-13-15-25-44(42)45-26-16-14-24-43(45)36-31-33-41(34-32-36)51(39-19-9-5-10-20-39)40-21-11-6-12-22-40/h4-34H,1-3H3. The molecule has 0 N–H and O–H groups in total. The molecule has 0 fully saturated rings. The molecule has 1 aromatic heterocycles. The summed E-state index contributed by atoms with van der Waals surface area (Å²) in [6.07, 6.45) is 0. The van der Waals surface area contributed by atoms with Crippen LogP contribution in [-0.4, -0.2) is 14.8 Å². The highest BCUT2D eigenvalue weighted by atomic mass is 15.3. The zero-order chi connectivity index (χ0) is 35.5. The van der Waals surface area contributed by atoms with E-state index in [-0.39, 0.29) is 5.54 Å². The van der Waals surface area contributed by atoms with Crippen LogP contribution in [0.2, 0.25) is 0 Å². The molecule has 0 unspecified atom stereocenters. The maximum absolute atomic E-state index is 4.70. The van der Waals surface area contributed by atoms with E-state index in [0.717, 1.165) is 45.4 Å². The van der Waals surface area contributed by atoms with Gasteiger partial charge in [0.15, 0.2) is 11.6 Å². The molecule has 7 aromatic carbocycles. The predicted molar refractivity (Wildman–Crippen MR) is 217 cm³/mol. The summed E-state index contributed by atoms with van der Waals surface area (Å²) in [5, 5.41) is 9.36. The Morgan fingerprint density at radius 2 is 0.673 bits per heavy atom. The van der Waals surface area contributed by atoms with E-state index in [1.165, 1.54) is 27.8 Å². The lowest BCUT2D eigenvalue weighted by atomic mass is 9.89. The summed E-state index contributed by atoms with van der Waals surface area (Å²) < 4.78 is 2.24. The molecule has 0 aliphatic rings. The van der Waals surface area contributed by atoms with Gasteiger partial charge in [-0.05, 0) is 90.6 Å². The third kappa shape index (κ3) is 6.43. The molecule has 1 heterocycles. The van der Waals surface area contributed by atoms with Gasteiger partial charge in [-0.1, -0.05) is 152 Å². The zero-order valence-electron chi connectivity index (χ0n) is 29.7. The largest absolute Gasteiger partial charge is 0.311 e. The van der Waals surface area contributed by atoms with Gasteiger partial charge < -0.3 is 9.47 Å². The summed E-state index contributed by atoms with van der Waals surface area (Å²) >= 11 is 0. The second-order valence-corrected chi connectivity index (χ2v) is 13.9. The van der Waals surface area contributed by atoms with Gasteiger partial charge in [0, 0.05) is 33.7 Å². The van der Waals surface area contributed by atoms with Gasteiger partial charge in [-0.3, -0.25) is 0 Å².